The second-order valence-corrected chi connectivity index (χ2v) is 4.81. The first-order valence-corrected chi connectivity index (χ1v) is 6.01. The van der Waals surface area contributed by atoms with Gasteiger partial charge in [0.05, 0.1) is 6.04 Å². The molecule has 0 radical (unpaired) electrons. The molecular formula is C13H21NO. The lowest BCUT2D eigenvalue weighted by molar-refractivity contribution is 0.278. The molecule has 1 aromatic heterocycles. The fourth-order valence-corrected chi connectivity index (χ4v) is 2.49. The van der Waals surface area contributed by atoms with Crippen LogP contribution < -0.4 is 5.73 Å². The van der Waals surface area contributed by atoms with Crippen molar-refractivity contribution in [2.45, 2.75) is 52.0 Å². The number of hydrogen-bond acceptors (Lipinski definition) is 2. The van der Waals surface area contributed by atoms with Gasteiger partial charge in [-0.2, -0.15) is 0 Å². The summed E-state index contributed by atoms with van der Waals surface area (Å²) in [5.74, 6) is 2.62. The van der Waals surface area contributed by atoms with Gasteiger partial charge in [-0.25, -0.2) is 0 Å². The van der Waals surface area contributed by atoms with E-state index in [0.717, 1.165) is 11.5 Å². The minimum absolute atomic E-state index is 0.109. The third-order valence-electron chi connectivity index (χ3n) is 3.67. The summed E-state index contributed by atoms with van der Waals surface area (Å²) in [4.78, 5) is 0. The van der Waals surface area contributed by atoms with E-state index in [2.05, 4.69) is 13.0 Å². The summed E-state index contributed by atoms with van der Waals surface area (Å²) in [6, 6.07) is 2.21. The predicted octanol–water partition coefficient (Wildman–Crippen LogP) is 3.48. The molecule has 2 rings (SSSR count). The second-order valence-electron chi connectivity index (χ2n) is 4.81. The first kappa shape index (κ1) is 10.7. The molecule has 1 heterocycles. The highest BCUT2D eigenvalue weighted by molar-refractivity contribution is 5.21. The molecule has 2 heteroatoms. The summed E-state index contributed by atoms with van der Waals surface area (Å²) >= 11 is 0. The normalized spacial score (nSPS) is 20.5. The van der Waals surface area contributed by atoms with Gasteiger partial charge in [0.1, 0.15) is 11.5 Å². The Kier molecular flexibility index (Phi) is 3.15. The zero-order chi connectivity index (χ0) is 10.8. The van der Waals surface area contributed by atoms with Crippen molar-refractivity contribution in [1.29, 1.82) is 0 Å². The van der Waals surface area contributed by atoms with Crippen molar-refractivity contribution in [2.24, 2.45) is 11.7 Å². The highest BCUT2D eigenvalue weighted by Gasteiger charge is 2.24. The molecule has 1 aromatic rings. The Hall–Kier alpha value is -0.760. The van der Waals surface area contributed by atoms with E-state index in [0.29, 0.717) is 5.92 Å². The largest absolute Gasteiger partial charge is 0.464 e. The van der Waals surface area contributed by atoms with E-state index in [4.69, 9.17) is 10.2 Å². The first-order chi connectivity index (χ1) is 7.18. The third-order valence-corrected chi connectivity index (χ3v) is 3.67. The Morgan fingerprint density at radius 1 is 1.27 bits per heavy atom. The molecule has 0 aliphatic heterocycles. The maximum Gasteiger partial charge on any atom is 0.121 e. The van der Waals surface area contributed by atoms with Gasteiger partial charge in [-0.3, -0.25) is 0 Å². The Balaban J connectivity index is 2.08. The standard InChI is InChI=1S/C13H21NO/c1-9-8-12(15-10(9)2)13(14)11-6-4-3-5-7-11/h8,11,13H,3-7,14H2,1-2H3/t13-/m1/s1. The average Bonchev–Trinajstić information content (AvgIpc) is 2.59. The van der Waals surface area contributed by atoms with E-state index in [1.165, 1.54) is 37.7 Å². The maximum atomic E-state index is 6.26. The highest BCUT2D eigenvalue weighted by atomic mass is 16.3. The lowest BCUT2D eigenvalue weighted by Gasteiger charge is -2.26. The lowest BCUT2D eigenvalue weighted by Crippen LogP contribution is -2.23. The van der Waals surface area contributed by atoms with Crippen LogP contribution in [-0.2, 0) is 0 Å². The number of aryl methyl sites for hydroxylation is 2. The van der Waals surface area contributed by atoms with Crippen molar-refractivity contribution >= 4 is 0 Å². The highest BCUT2D eigenvalue weighted by Crippen LogP contribution is 2.34. The molecule has 2 nitrogen and oxygen atoms in total. The molecule has 1 aliphatic rings. The molecule has 1 fully saturated rings. The summed E-state index contributed by atoms with van der Waals surface area (Å²) < 4.78 is 5.70. The maximum absolute atomic E-state index is 6.26. The van der Waals surface area contributed by atoms with Gasteiger partial charge in [0.25, 0.3) is 0 Å². The van der Waals surface area contributed by atoms with Crippen molar-refractivity contribution in [3.05, 3.63) is 23.2 Å². The van der Waals surface area contributed by atoms with Gasteiger partial charge in [0.15, 0.2) is 0 Å². The number of hydrogen-bond donors (Lipinski definition) is 1. The fourth-order valence-electron chi connectivity index (χ4n) is 2.49. The zero-order valence-electron chi connectivity index (χ0n) is 9.75. The van der Waals surface area contributed by atoms with Gasteiger partial charge in [-0.05, 0) is 44.2 Å². The average molecular weight is 207 g/mol. The van der Waals surface area contributed by atoms with Crippen LogP contribution >= 0.6 is 0 Å². The molecule has 84 valence electrons. The molecule has 1 saturated carbocycles. The van der Waals surface area contributed by atoms with Crippen molar-refractivity contribution in [3.8, 4) is 0 Å². The Bertz CT molecular complexity index is 304. The summed E-state index contributed by atoms with van der Waals surface area (Å²) in [7, 11) is 0. The molecule has 1 aliphatic carbocycles. The minimum atomic E-state index is 0.109. The molecule has 0 spiro atoms. The van der Waals surface area contributed by atoms with Crippen molar-refractivity contribution in [1.82, 2.24) is 0 Å². The summed E-state index contributed by atoms with van der Waals surface area (Å²) in [5, 5.41) is 0. The topological polar surface area (TPSA) is 39.2 Å². The van der Waals surface area contributed by atoms with E-state index < -0.39 is 0 Å². The zero-order valence-corrected chi connectivity index (χ0v) is 9.75. The van der Waals surface area contributed by atoms with Gasteiger partial charge >= 0.3 is 0 Å². The molecule has 0 amide bonds. The van der Waals surface area contributed by atoms with Crippen LogP contribution in [0.1, 0.15) is 55.2 Å². The Morgan fingerprint density at radius 2 is 1.93 bits per heavy atom. The quantitative estimate of drug-likeness (QED) is 0.806. The van der Waals surface area contributed by atoms with E-state index >= 15 is 0 Å². The predicted molar refractivity (Wildman–Crippen MR) is 61.7 cm³/mol. The van der Waals surface area contributed by atoms with E-state index in [1.54, 1.807) is 0 Å². The summed E-state index contributed by atoms with van der Waals surface area (Å²) in [6.45, 7) is 4.09. The van der Waals surface area contributed by atoms with Crippen LogP contribution in [-0.4, -0.2) is 0 Å². The Morgan fingerprint density at radius 3 is 2.47 bits per heavy atom. The van der Waals surface area contributed by atoms with E-state index in [1.807, 2.05) is 6.92 Å². The molecular weight excluding hydrogens is 186 g/mol. The van der Waals surface area contributed by atoms with Gasteiger partial charge in [0.2, 0.25) is 0 Å². The molecule has 0 unspecified atom stereocenters. The summed E-state index contributed by atoms with van der Waals surface area (Å²) in [6.07, 6.45) is 6.56. The second kappa shape index (κ2) is 4.40. The molecule has 0 bridgehead atoms. The van der Waals surface area contributed by atoms with Crippen LogP contribution in [0.25, 0.3) is 0 Å². The minimum Gasteiger partial charge on any atom is -0.464 e. The molecule has 0 saturated heterocycles. The smallest absolute Gasteiger partial charge is 0.121 e. The number of rotatable bonds is 2. The van der Waals surface area contributed by atoms with Crippen molar-refractivity contribution < 1.29 is 4.42 Å². The van der Waals surface area contributed by atoms with Gasteiger partial charge < -0.3 is 10.2 Å². The van der Waals surface area contributed by atoms with E-state index in [9.17, 15) is 0 Å². The van der Waals surface area contributed by atoms with E-state index in [-0.39, 0.29) is 6.04 Å². The van der Waals surface area contributed by atoms with Gasteiger partial charge in [-0.15, -0.1) is 0 Å². The fraction of sp³-hybridized carbons (Fsp3) is 0.692. The van der Waals surface area contributed by atoms with Crippen LogP contribution in [0.3, 0.4) is 0 Å². The third kappa shape index (κ3) is 2.25. The number of furan rings is 1. The molecule has 0 aromatic carbocycles. The van der Waals surface area contributed by atoms with Crippen LogP contribution in [0.4, 0.5) is 0 Å². The molecule has 15 heavy (non-hydrogen) atoms. The van der Waals surface area contributed by atoms with Crippen LogP contribution in [0.2, 0.25) is 0 Å². The molecule has 1 atom stereocenters. The first-order valence-electron chi connectivity index (χ1n) is 6.01. The van der Waals surface area contributed by atoms with Crippen molar-refractivity contribution in [2.75, 3.05) is 0 Å². The van der Waals surface area contributed by atoms with Crippen LogP contribution in [0.5, 0.6) is 0 Å². The SMILES string of the molecule is Cc1cc([C@H](N)C2CCCCC2)oc1C. The van der Waals surface area contributed by atoms with Crippen molar-refractivity contribution in [3.63, 3.8) is 0 Å². The number of nitrogens with two attached hydrogens (primary N) is 1. The van der Waals surface area contributed by atoms with Gasteiger partial charge in [-0.1, -0.05) is 19.3 Å². The molecule has 2 N–H and O–H groups in total. The van der Waals surface area contributed by atoms with Crippen LogP contribution in [0, 0.1) is 19.8 Å². The Labute approximate surface area is 91.8 Å². The lowest BCUT2D eigenvalue weighted by atomic mass is 9.83. The van der Waals surface area contributed by atoms with Crippen LogP contribution in [0.15, 0.2) is 10.5 Å². The van der Waals surface area contributed by atoms with Gasteiger partial charge in [0, 0.05) is 0 Å². The summed E-state index contributed by atoms with van der Waals surface area (Å²) in [5.41, 5.74) is 7.48. The monoisotopic (exact) mass is 207 g/mol.